The molecule has 5 fully saturated rings. The summed E-state index contributed by atoms with van der Waals surface area (Å²) in [4.78, 5) is 13.8. The molecule has 6 heteroatoms. The summed E-state index contributed by atoms with van der Waals surface area (Å²) in [6.45, 7) is 0.161. The Balaban J connectivity index is 1.38. The van der Waals surface area contributed by atoms with Crippen LogP contribution < -0.4 is 10.6 Å². The quantitative estimate of drug-likeness (QED) is 0.680. The Morgan fingerprint density at radius 3 is 2.70 bits per heavy atom. The number of halogens is 3. The lowest BCUT2D eigenvalue weighted by atomic mass is 9.18. The van der Waals surface area contributed by atoms with Crippen LogP contribution in [0.4, 0.5) is 8.78 Å². The predicted molar refractivity (Wildman–Crippen MR) is 112 cm³/mol. The molecule has 6 atom stereocenters. The van der Waals surface area contributed by atoms with Crippen LogP contribution in [-0.2, 0) is 10.2 Å². The summed E-state index contributed by atoms with van der Waals surface area (Å²) < 4.78 is 28.9. The number of benzene rings is 1. The average molecular weight is 435 g/mol. The van der Waals surface area contributed by atoms with E-state index in [1.807, 2.05) is 6.07 Å². The molecule has 162 valence electrons. The topological polar surface area (TPSA) is 41.1 Å². The molecule has 4 aliphatic carbocycles. The van der Waals surface area contributed by atoms with Crippen LogP contribution in [0.15, 0.2) is 30.3 Å². The highest BCUT2D eigenvalue weighted by Gasteiger charge is 2.93. The highest BCUT2D eigenvalue weighted by atomic mass is 35.5. The normalized spacial score (nSPS) is 47.2. The van der Waals surface area contributed by atoms with Gasteiger partial charge in [0.2, 0.25) is 5.91 Å². The molecule has 0 radical (unpaired) electrons. The Morgan fingerprint density at radius 2 is 1.97 bits per heavy atom. The van der Waals surface area contributed by atoms with Crippen molar-refractivity contribution in [1.82, 2.24) is 10.6 Å². The molecule has 4 saturated carbocycles. The number of piperidine rings is 1. The number of hydrogen-bond acceptors (Lipinski definition) is 2. The third-order valence-corrected chi connectivity index (χ3v) is 10.0. The predicted octanol–water partition coefficient (Wildman–Crippen LogP) is 4.25. The number of fused-ring (bicyclic) bond motifs is 1. The van der Waals surface area contributed by atoms with E-state index in [0.29, 0.717) is 18.3 Å². The van der Waals surface area contributed by atoms with Crippen LogP contribution >= 0.6 is 11.6 Å². The maximum absolute atomic E-state index is 14.5. The molecule has 5 aliphatic rings. The molecule has 3 nitrogen and oxygen atoms in total. The Hall–Kier alpha value is -1.20. The molecule has 1 amide bonds. The Labute approximate surface area is 181 Å². The van der Waals surface area contributed by atoms with Crippen molar-refractivity contribution in [2.45, 2.75) is 62.3 Å². The molecule has 2 bridgehead atoms. The zero-order chi connectivity index (χ0) is 20.8. The molecule has 30 heavy (non-hydrogen) atoms. The lowest BCUT2D eigenvalue weighted by molar-refractivity contribution is -0.310. The fourth-order valence-corrected chi connectivity index (χ4v) is 9.64. The van der Waals surface area contributed by atoms with Gasteiger partial charge in [0.1, 0.15) is 0 Å². The van der Waals surface area contributed by atoms with E-state index in [4.69, 9.17) is 11.6 Å². The smallest absolute Gasteiger partial charge is 0.280 e. The lowest BCUT2D eigenvalue weighted by Gasteiger charge is -2.84. The van der Waals surface area contributed by atoms with Gasteiger partial charge in [0.05, 0.1) is 18.0 Å². The molecule has 6 rings (SSSR count). The van der Waals surface area contributed by atoms with Crippen LogP contribution in [0.1, 0.15) is 50.5 Å². The summed E-state index contributed by atoms with van der Waals surface area (Å²) in [6, 6.07) is 9.54. The number of alkyl halides is 3. The minimum atomic E-state index is -2.90. The van der Waals surface area contributed by atoms with Crippen LogP contribution in [0.5, 0.6) is 0 Å². The van der Waals surface area contributed by atoms with E-state index in [0.717, 1.165) is 38.5 Å². The van der Waals surface area contributed by atoms with Gasteiger partial charge in [0.15, 0.2) is 0 Å². The molecule has 1 spiro atoms. The van der Waals surface area contributed by atoms with Crippen molar-refractivity contribution in [1.29, 1.82) is 0 Å². The number of hydrogen-bond donors (Lipinski definition) is 2. The van der Waals surface area contributed by atoms with E-state index < -0.39 is 17.4 Å². The van der Waals surface area contributed by atoms with Gasteiger partial charge in [-0.25, -0.2) is 8.78 Å². The largest absolute Gasteiger partial charge is 0.347 e. The summed E-state index contributed by atoms with van der Waals surface area (Å²) in [6.07, 6.45) is 6.15. The van der Waals surface area contributed by atoms with Crippen LogP contribution in [0.3, 0.4) is 0 Å². The fraction of sp³-hybridized carbons (Fsp3) is 0.708. The first kappa shape index (κ1) is 19.5. The van der Waals surface area contributed by atoms with Gasteiger partial charge in [-0.1, -0.05) is 30.3 Å². The third kappa shape index (κ3) is 1.98. The zero-order valence-electron chi connectivity index (χ0n) is 17.2. The van der Waals surface area contributed by atoms with Gasteiger partial charge in [-0.2, -0.15) is 0 Å². The van der Waals surface area contributed by atoms with Crippen molar-refractivity contribution in [3.63, 3.8) is 0 Å². The van der Waals surface area contributed by atoms with Crippen molar-refractivity contribution in [3.8, 4) is 0 Å². The molecule has 1 aromatic rings. The molecule has 0 aromatic heterocycles. The molecule has 2 N–H and O–H groups in total. The number of rotatable bonds is 5. The van der Waals surface area contributed by atoms with Crippen LogP contribution in [-0.4, -0.2) is 36.8 Å². The monoisotopic (exact) mass is 434 g/mol. The summed E-state index contributed by atoms with van der Waals surface area (Å²) in [5, 5.41) is 5.61. The maximum atomic E-state index is 14.5. The van der Waals surface area contributed by atoms with Gasteiger partial charge >= 0.3 is 0 Å². The minimum Gasteiger partial charge on any atom is -0.347 e. The number of carbonyl (C=O) groups is 1. The second kappa shape index (κ2) is 5.98. The van der Waals surface area contributed by atoms with Crippen molar-refractivity contribution < 1.29 is 13.6 Å². The van der Waals surface area contributed by atoms with Gasteiger partial charge in [0.25, 0.3) is 5.92 Å². The SMILES string of the molecule is O=C(NC1CCNCC1(F)F)C12CC3CC14[C@](CCCl)(C3)C[C@@]4(c1ccccc1)C2. The molecule has 1 heterocycles. The van der Waals surface area contributed by atoms with E-state index in [-0.39, 0.29) is 35.1 Å². The molecular weight excluding hydrogens is 406 g/mol. The van der Waals surface area contributed by atoms with Crippen molar-refractivity contribution in [2.24, 2.45) is 22.2 Å². The maximum Gasteiger partial charge on any atom is 0.280 e. The van der Waals surface area contributed by atoms with Crippen molar-refractivity contribution >= 4 is 17.5 Å². The number of amides is 1. The van der Waals surface area contributed by atoms with Crippen molar-refractivity contribution in [2.75, 3.05) is 19.0 Å². The van der Waals surface area contributed by atoms with Crippen LogP contribution in [0.2, 0.25) is 0 Å². The van der Waals surface area contributed by atoms with Gasteiger partial charge < -0.3 is 10.6 Å². The van der Waals surface area contributed by atoms with Gasteiger partial charge in [0, 0.05) is 16.7 Å². The first-order chi connectivity index (χ1) is 14.3. The van der Waals surface area contributed by atoms with Gasteiger partial charge in [-0.05, 0) is 68.4 Å². The Kier molecular flexibility index (Phi) is 3.88. The van der Waals surface area contributed by atoms with Gasteiger partial charge in [-0.3, -0.25) is 4.79 Å². The van der Waals surface area contributed by atoms with Crippen LogP contribution in [0.25, 0.3) is 0 Å². The third-order valence-electron chi connectivity index (χ3n) is 9.81. The Morgan fingerprint density at radius 1 is 1.17 bits per heavy atom. The molecule has 1 aliphatic heterocycles. The van der Waals surface area contributed by atoms with Gasteiger partial charge in [-0.15, -0.1) is 11.6 Å². The molecule has 4 unspecified atom stereocenters. The van der Waals surface area contributed by atoms with Crippen molar-refractivity contribution in [3.05, 3.63) is 35.9 Å². The fourth-order valence-electron chi connectivity index (χ4n) is 9.28. The second-order valence-electron chi connectivity index (χ2n) is 10.7. The molecule has 1 aromatic carbocycles. The average Bonchev–Trinajstić information content (AvgIpc) is 3.17. The Bertz CT molecular complexity index is 896. The molecular formula is C24H29ClF2N2O. The van der Waals surface area contributed by atoms with E-state index in [9.17, 15) is 13.6 Å². The first-order valence-electron chi connectivity index (χ1n) is 11.4. The summed E-state index contributed by atoms with van der Waals surface area (Å²) in [5.41, 5.74) is 0.824. The van der Waals surface area contributed by atoms with E-state index >= 15 is 0 Å². The highest BCUT2D eigenvalue weighted by Crippen LogP contribution is 2.96. The van der Waals surface area contributed by atoms with E-state index in [1.165, 1.54) is 5.56 Å². The lowest BCUT2D eigenvalue weighted by Crippen LogP contribution is -2.84. The number of nitrogens with one attached hydrogen (secondary N) is 2. The standard InChI is InChI=1S/C24H29ClF2N2O/c25-8-7-20-10-16-11-21(19(30)29-18-6-9-28-15-23(18,26)27)14-22(13-20,24(20,21)12-16)17-4-2-1-3-5-17/h1-5,16,18,28H,6-15H2,(H,29,30)/t16?,18?,20-,21?,22+,24?/m1/s1. The minimum absolute atomic E-state index is 0.0134. The summed E-state index contributed by atoms with van der Waals surface area (Å²) in [7, 11) is 0. The second-order valence-corrected chi connectivity index (χ2v) is 11.1. The number of carbonyl (C=O) groups excluding carboxylic acids is 1. The zero-order valence-corrected chi connectivity index (χ0v) is 17.9. The van der Waals surface area contributed by atoms with E-state index in [1.54, 1.807) is 0 Å². The molecule has 1 saturated heterocycles. The first-order valence-corrected chi connectivity index (χ1v) is 11.9. The highest BCUT2D eigenvalue weighted by molar-refractivity contribution is 6.17. The summed E-state index contributed by atoms with van der Waals surface area (Å²) in [5.74, 6) is -1.89. The van der Waals surface area contributed by atoms with Crippen LogP contribution in [0, 0.1) is 22.2 Å². The van der Waals surface area contributed by atoms with E-state index in [2.05, 4.69) is 34.9 Å². The summed E-state index contributed by atoms with van der Waals surface area (Å²) >= 11 is 6.27.